The van der Waals surface area contributed by atoms with Crippen molar-refractivity contribution in [1.29, 1.82) is 0 Å². The lowest BCUT2D eigenvalue weighted by Gasteiger charge is -2.16. The summed E-state index contributed by atoms with van der Waals surface area (Å²) in [4.78, 5) is 0. The quantitative estimate of drug-likeness (QED) is 0.258. The first-order valence-corrected chi connectivity index (χ1v) is 4.83. The summed E-state index contributed by atoms with van der Waals surface area (Å²) in [6.07, 6.45) is 0.797. The van der Waals surface area contributed by atoms with Gasteiger partial charge in [-0.3, -0.25) is 0 Å². The molecule has 0 radical (unpaired) electrons. The van der Waals surface area contributed by atoms with Crippen molar-refractivity contribution in [3.63, 3.8) is 0 Å². The van der Waals surface area contributed by atoms with Gasteiger partial charge in [-0.15, -0.1) is 11.8 Å². The molecule has 72 valence electrons. The van der Waals surface area contributed by atoms with E-state index in [9.17, 15) is 0 Å². The minimum absolute atomic E-state index is 0.00264. The second-order valence-corrected chi connectivity index (χ2v) is 4.20. The Hall–Kier alpha value is -0.420. The molecule has 0 aromatic heterocycles. The molecule has 0 saturated carbocycles. The average molecular weight is 192 g/mol. The van der Waals surface area contributed by atoms with Gasteiger partial charge in [-0.05, 0) is 6.42 Å². The van der Waals surface area contributed by atoms with E-state index in [1.807, 2.05) is 13.8 Å². The van der Waals surface area contributed by atoms with Gasteiger partial charge in [-0.25, -0.2) is 0 Å². The monoisotopic (exact) mass is 192 g/mol. The van der Waals surface area contributed by atoms with Gasteiger partial charge in [0.15, 0.2) is 5.84 Å². The van der Waals surface area contributed by atoms with Crippen molar-refractivity contribution in [3.8, 4) is 0 Å². The van der Waals surface area contributed by atoms with Crippen molar-refractivity contribution in [2.45, 2.75) is 30.8 Å². The van der Waals surface area contributed by atoms with Crippen LogP contribution in [0.4, 0.5) is 0 Å². The van der Waals surface area contributed by atoms with E-state index in [4.69, 9.17) is 16.0 Å². The molecule has 5 heteroatoms. The number of nitrogens with two attached hydrogens (primary N) is 1. The molecule has 0 spiro atoms. The highest BCUT2D eigenvalue weighted by molar-refractivity contribution is 8.01. The van der Waals surface area contributed by atoms with Crippen LogP contribution in [0.3, 0.4) is 0 Å². The van der Waals surface area contributed by atoms with Crippen molar-refractivity contribution in [1.82, 2.24) is 0 Å². The minimum atomic E-state index is -0.00264. The third kappa shape index (κ3) is 3.82. The number of nitrogens with zero attached hydrogens (tertiary/aromatic N) is 1. The fourth-order valence-corrected chi connectivity index (χ4v) is 1.79. The highest BCUT2D eigenvalue weighted by Crippen LogP contribution is 2.19. The number of rotatable bonds is 5. The van der Waals surface area contributed by atoms with Crippen LogP contribution in [0.1, 0.15) is 20.3 Å². The first kappa shape index (κ1) is 11.6. The molecule has 0 fully saturated rings. The standard InChI is InChI=1S/C7H16N2O2S/c1-3-6(7(8)9-11)12-5(2)4-10/h5-6,10-11H,3-4H2,1-2H3,(H2,8,9). The van der Waals surface area contributed by atoms with Gasteiger partial charge < -0.3 is 16.0 Å². The lowest BCUT2D eigenvalue weighted by molar-refractivity contribution is 0.299. The van der Waals surface area contributed by atoms with Gasteiger partial charge in [0, 0.05) is 5.25 Å². The van der Waals surface area contributed by atoms with Gasteiger partial charge >= 0.3 is 0 Å². The Bertz CT molecular complexity index is 152. The lowest BCUT2D eigenvalue weighted by atomic mass is 10.3. The summed E-state index contributed by atoms with van der Waals surface area (Å²) < 4.78 is 0. The fraction of sp³-hybridized carbons (Fsp3) is 0.857. The van der Waals surface area contributed by atoms with E-state index in [-0.39, 0.29) is 22.9 Å². The second kappa shape index (κ2) is 6.14. The maximum absolute atomic E-state index is 8.77. The number of hydrogen-bond acceptors (Lipinski definition) is 4. The predicted molar refractivity (Wildman–Crippen MR) is 51.6 cm³/mol. The molecule has 0 aliphatic carbocycles. The first-order valence-electron chi connectivity index (χ1n) is 3.89. The summed E-state index contributed by atoms with van der Waals surface area (Å²) in [5, 5.41) is 20.2. The Labute approximate surface area is 76.8 Å². The Morgan fingerprint density at radius 1 is 1.67 bits per heavy atom. The number of oxime groups is 1. The molecular weight excluding hydrogens is 176 g/mol. The second-order valence-electron chi connectivity index (χ2n) is 2.55. The maximum atomic E-state index is 8.77. The molecule has 0 rings (SSSR count). The third-order valence-electron chi connectivity index (χ3n) is 1.47. The van der Waals surface area contributed by atoms with Crippen LogP contribution in [0.25, 0.3) is 0 Å². The van der Waals surface area contributed by atoms with Crippen molar-refractivity contribution in [3.05, 3.63) is 0 Å². The van der Waals surface area contributed by atoms with Gasteiger partial charge in [0.05, 0.1) is 11.9 Å². The molecule has 0 amide bonds. The van der Waals surface area contributed by atoms with Crippen molar-refractivity contribution < 1.29 is 10.3 Å². The molecule has 4 nitrogen and oxygen atoms in total. The Balaban J connectivity index is 3.99. The van der Waals surface area contributed by atoms with Crippen LogP contribution in [0.5, 0.6) is 0 Å². The highest BCUT2D eigenvalue weighted by atomic mass is 32.2. The van der Waals surface area contributed by atoms with E-state index in [1.54, 1.807) is 0 Å². The van der Waals surface area contributed by atoms with Crippen LogP contribution in [0, 0.1) is 0 Å². The smallest absolute Gasteiger partial charge is 0.152 e. The highest BCUT2D eigenvalue weighted by Gasteiger charge is 2.15. The SMILES string of the molecule is CCC(SC(C)CO)C(N)=NO. The van der Waals surface area contributed by atoms with E-state index in [2.05, 4.69) is 5.16 Å². The molecule has 2 unspecified atom stereocenters. The summed E-state index contributed by atoms with van der Waals surface area (Å²) >= 11 is 1.51. The first-order chi connectivity index (χ1) is 5.65. The Morgan fingerprint density at radius 3 is 2.58 bits per heavy atom. The molecule has 0 bridgehead atoms. The van der Waals surface area contributed by atoms with E-state index in [0.717, 1.165) is 6.42 Å². The summed E-state index contributed by atoms with van der Waals surface area (Å²) in [7, 11) is 0. The molecule has 2 atom stereocenters. The van der Waals surface area contributed by atoms with Crippen molar-refractivity contribution in [2.75, 3.05) is 6.61 Å². The molecule has 0 saturated heterocycles. The Morgan fingerprint density at radius 2 is 2.25 bits per heavy atom. The van der Waals surface area contributed by atoms with Gasteiger partial charge in [-0.2, -0.15) is 0 Å². The molecule has 12 heavy (non-hydrogen) atoms. The molecule has 4 N–H and O–H groups in total. The van der Waals surface area contributed by atoms with Crippen LogP contribution >= 0.6 is 11.8 Å². The third-order valence-corrected chi connectivity index (χ3v) is 2.99. The van der Waals surface area contributed by atoms with Crippen LogP contribution in [-0.2, 0) is 0 Å². The van der Waals surface area contributed by atoms with E-state index in [1.165, 1.54) is 11.8 Å². The van der Waals surface area contributed by atoms with Crippen LogP contribution in [0.15, 0.2) is 5.16 Å². The molecule has 0 aromatic carbocycles. The summed E-state index contributed by atoms with van der Waals surface area (Å²) in [6, 6.07) is 0. The zero-order chi connectivity index (χ0) is 9.56. The minimum Gasteiger partial charge on any atom is -0.409 e. The van der Waals surface area contributed by atoms with Gasteiger partial charge in [0.2, 0.25) is 0 Å². The molecule has 0 aliphatic heterocycles. The van der Waals surface area contributed by atoms with Gasteiger partial charge in [-0.1, -0.05) is 19.0 Å². The number of aliphatic hydroxyl groups excluding tert-OH is 1. The van der Waals surface area contributed by atoms with Gasteiger partial charge in [0.1, 0.15) is 0 Å². The molecule has 0 aromatic rings. The van der Waals surface area contributed by atoms with Crippen LogP contribution in [0.2, 0.25) is 0 Å². The fourth-order valence-electron chi connectivity index (χ4n) is 0.763. The zero-order valence-corrected chi connectivity index (χ0v) is 8.21. The predicted octanol–water partition coefficient (Wildman–Crippen LogP) is 0.625. The normalized spacial score (nSPS) is 17.4. The van der Waals surface area contributed by atoms with Crippen LogP contribution in [-0.4, -0.2) is 33.3 Å². The maximum Gasteiger partial charge on any atom is 0.152 e. The zero-order valence-electron chi connectivity index (χ0n) is 7.40. The molecule has 0 heterocycles. The average Bonchev–Trinajstić information content (AvgIpc) is 2.12. The molecule has 0 aliphatic rings. The van der Waals surface area contributed by atoms with Crippen molar-refractivity contribution >= 4 is 17.6 Å². The summed E-state index contributed by atoms with van der Waals surface area (Å²) in [5.74, 6) is 0.225. The lowest BCUT2D eigenvalue weighted by Crippen LogP contribution is -2.27. The largest absolute Gasteiger partial charge is 0.409 e. The number of hydrogen-bond donors (Lipinski definition) is 3. The van der Waals surface area contributed by atoms with Crippen LogP contribution < -0.4 is 5.73 Å². The molecular formula is C7H16N2O2S. The van der Waals surface area contributed by atoms with Crippen molar-refractivity contribution in [2.24, 2.45) is 10.9 Å². The topological polar surface area (TPSA) is 78.8 Å². The number of thioether (sulfide) groups is 1. The van der Waals surface area contributed by atoms with E-state index in [0.29, 0.717) is 0 Å². The summed E-state index contributed by atoms with van der Waals surface area (Å²) in [6.45, 7) is 3.97. The number of aliphatic hydroxyl groups is 1. The van der Waals surface area contributed by atoms with E-state index < -0.39 is 0 Å². The number of amidine groups is 1. The van der Waals surface area contributed by atoms with E-state index >= 15 is 0 Å². The van der Waals surface area contributed by atoms with Gasteiger partial charge in [0.25, 0.3) is 0 Å². The summed E-state index contributed by atoms with van der Waals surface area (Å²) in [5.41, 5.74) is 5.43. The Kier molecular flexibility index (Phi) is 5.92.